The Bertz CT molecular complexity index is 588. The van der Waals surface area contributed by atoms with Gasteiger partial charge in [0.05, 0.1) is 13.2 Å². The summed E-state index contributed by atoms with van der Waals surface area (Å²) in [5.41, 5.74) is 3.37. The predicted octanol–water partition coefficient (Wildman–Crippen LogP) is 1.98. The van der Waals surface area contributed by atoms with Crippen molar-refractivity contribution in [3.8, 4) is 12.3 Å². The van der Waals surface area contributed by atoms with Crippen LogP contribution in [0.3, 0.4) is 0 Å². The molecule has 1 aromatic heterocycles. The molecule has 0 bridgehead atoms. The lowest BCUT2D eigenvalue weighted by Crippen LogP contribution is -2.35. The van der Waals surface area contributed by atoms with Crippen LogP contribution in [-0.4, -0.2) is 36.2 Å². The van der Waals surface area contributed by atoms with Gasteiger partial charge in [-0.3, -0.25) is 4.90 Å². The summed E-state index contributed by atoms with van der Waals surface area (Å²) < 4.78 is 5.37. The first-order valence-corrected chi connectivity index (χ1v) is 6.23. The Hall–Kier alpha value is -1.76. The number of hydrogen-bond donors (Lipinski definition) is 1. The minimum Gasteiger partial charge on any atom is -0.379 e. The van der Waals surface area contributed by atoms with E-state index >= 15 is 0 Å². The van der Waals surface area contributed by atoms with Crippen molar-refractivity contribution in [1.82, 2.24) is 9.88 Å². The van der Waals surface area contributed by atoms with Crippen molar-refractivity contribution in [2.24, 2.45) is 0 Å². The smallest absolute Gasteiger partial charge is 0.0594 e. The van der Waals surface area contributed by atoms with Crippen LogP contribution in [0.1, 0.15) is 11.1 Å². The van der Waals surface area contributed by atoms with Gasteiger partial charge in [-0.1, -0.05) is 12.0 Å². The van der Waals surface area contributed by atoms with Gasteiger partial charge in [-0.2, -0.15) is 0 Å². The van der Waals surface area contributed by atoms with Crippen LogP contribution >= 0.6 is 0 Å². The summed E-state index contributed by atoms with van der Waals surface area (Å²) in [6, 6.07) is 6.13. The summed E-state index contributed by atoms with van der Waals surface area (Å²) in [5.74, 6) is 2.66. The summed E-state index contributed by atoms with van der Waals surface area (Å²) >= 11 is 0. The van der Waals surface area contributed by atoms with Crippen molar-refractivity contribution in [2.75, 3.05) is 26.3 Å². The lowest BCUT2D eigenvalue weighted by atomic mass is 10.1. The van der Waals surface area contributed by atoms with Crippen LogP contribution in [0.25, 0.3) is 10.9 Å². The summed E-state index contributed by atoms with van der Waals surface area (Å²) in [4.78, 5) is 5.72. The molecule has 2 aromatic rings. The number of aromatic amines is 1. The molecule has 18 heavy (non-hydrogen) atoms. The van der Waals surface area contributed by atoms with Gasteiger partial charge in [-0.25, -0.2) is 0 Å². The maximum atomic E-state index is 5.41. The topological polar surface area (TPSA) is 28.3 Å². The number of H-pyrrole nitrogens is 1. The second kappa shape index (κ2) is 4.85. The normalized spacial score (nSPS) is 16.8. The number of morpholine rings is 1. The van der Waals surface area contributed by atoms with Crippen LogP contribution in [0.15, 0.2) is 24.4 Å². The highest BCUT2D eigenvalue weighted by Gasteiger charge is 2.13. The second-order valence-electron chi connectivity index (χ2n) is 4.61. The summed E-state index contributed by atoms with van der Waals surface area (Å²) in [5, 5.41) is 1.26. The van der Waals surface area contributed by atoms with Crippen molar-refractivity contribution in [3.05, 3.63) is 35.5 Å². The summed E-state index contributed by atoms with van der Waals surface area (Å²) in [6.07, 6.45) is 7.49. The molecule has 1 fully saturated rings. The molecule has 1 aromatic carbocycles. The molecule has 3 heteroatoms. The van der Waals surface area contributed by atoms with Crippen LogP contribution in [0.5, 0.6) is 0 Å². The minimum absolute atomic E-state index is 0.837. The molecule has 2 heterocycles. The quantitative estimate of drug-likeness (QED) is 0.813. The number of ether oxygens (including phenoxy) is 1. The highest BCUT2D eigenvalue weighted by atomic mass is 16.5. The third kappa shape index (κ3) is 2.13. The van der Waals surface area contributed by atoms with Gasteiger partial charge in [-0.15, -0.1) is 6.42 Å². The third-order valence-electron chi connectivity index (χ3n) is 3.43. The molecule has 1 saturated heterocycles. The maximum Gasteiger partial charge on any atom is 0.0594 e. The molecule has 1 aliphatic heterocycles. The van der Waals surface area contributed by atoms with Gasteiger partial charge in [0, 0.05) is 42.3 Å². The Kier molecular flexibility index (Phi) is 3.06. The van der Waals surface area contributed by atoms with Crippen LogP contribution in [0.4, 0.5) is 0 Å². The molecular weight excluding hydrogens is 224 g/mol. The van der Waals surface area contributed by atoms with E-state index in [2.05, 4.69) is 28.1 Å². The van der Waals surface area contributed by atoms with E-state index in [9.17, 15) is 0 Å². The number of aromatic nitrogens is 1. The first-order valence-electron chi connectivity index (χ1n) is 6.23. The highest BCUT2D eigenvalue weighted by molar-refractivity contribution is 5.84. The van der Waals surface area contributed by atoms with Crippen molar-refractivity contribution in [2.45, 2.75) is 6.54 Å². The fraction of sp³-hybridized carbons (Fsp3) is 0.333. The number of benzene rings is 1. The summed E-state index contributed by atoms with van der Waals surface area (Å²) in [6.45, 7) is 4.66. The second-order valence-corrected chi connectivity index (χ2v) is 4.61. The molecule has 0 unspecified atom stereocenters. The molecule has 92 valence electrons. The Morgan fingerprint density at radius 3 is 2.94 bits per heavy atom. The van der Waals surface area contributed by atoms with Gasteiger partial charge < -0.3 is 9.72 Å². The Morgan fingerprint density at radius 2 is 2.17 bits per heavy atom. The molecule has 1 aliphatic rings. The first-order chi connectivity index (χ1) is 8.86. The molecule has 0 radical (unpaired) electrons. The van der Waals surface area contributed by atoms with E-state index in [1.165, 1.54) is 10.9 Å². The maximum absolute atomic E-state index is 5.41. The lowest BCUT2D eigenvalue weighted by Gasteiger charge is -2.26. The molecule has 0 spiro atoms. The van der Waals surface area contributed by atoms with E-state index in [1.54, 1.807) is 0 Å². The molecule has 3 nitrogen and oxygen atoms in total. The molecule has 0 aliphatic carbocycles. The standard InChI is InChI=1S/C15H16N2O/c1-2-12-3-4-14-13(10-16-15(14)9-12)11-17-5-7-18-8-6-17/h1,3-4,9-10,16H,5-8,11H2. The van der Waals surface area contributed by atoms with Gasteiger partial charge in [-0.05, 0) is 17.7 Å². The minimum atomic E-state index is 0.837. The fourth-order valence-electron chi connectivity index (χ4n) is 2.41. The van der Waals surface area contributed by atoms with Crippen molar-refractivity contribution in [3.63, 3.8) is 0 Å². The molecule has 0 saturated carbocycles. The van der Waals surface area contributed by atoms with E-state index in [-0.39, 0.29) is 0 Å². The zero-order valence-electron chi connectivity index (χ0n) is 10.3. The third-order valence-corrected chi connectivity index (χ3v) is 3.43. The number of fused-ring (bicyclic) bond motifs is 1. The lowest BCUT2D eigenvalue weighted by molar-refractivity contribution is 0.0343. The number of nitrogens with one attached hydrogen (secondary N) is 1. The molecular formula is C15H16N2O. The van der Waals surface area contributed by atoms with Crippen molar-refractivity contribution in [1.29, 1.82) is 0 Å². The Balaban J connectivity index is 1.86. The van der Waals surface area contributed by atoms with Crippen LogP contribution < -0.4 is 0 Å². The van der Waals surface area contributed by atoms with Crippen LogP contribution in [0, 0.1) is 12.3 Å². The average Bonchev–Trinajstić information content (AvgIpc) is 2.82. The van der Waals surface area contributed by atoms with E-state index in [0.717, 1.165) is 43.9 Å². The largest absolute Gasteiger partial charge is 0.379 e. The van der Waals surface area contributed by atoms with E-state index in [4.69, 9.17) is 11.2 Å². The van der Waals surface area contributed by atoms with Crippen molar-refractivity contribution >= 4 is 10.9 Å². The van der Waals surface area contributed by atoms with E-state index < -0.39 is 0 Å². The van der Waals surface area contributed by atoms with Gasteiger partial charge >= 0.3 is 0 Å². The average molecular weight is 240 g/mol. The molecule has 0 atom stereocenters. The fourth-order valence-corrected chi connectivity index (χ4v) is 2.41. The molecule has 0 amide bonds. The predicted molar refractivity (Wildman–Crippen MR) is 72.3 cm³/mol. The van der Waals surface area contributed by atoms with Crippen molar-refractivity contribution < 1.29 is 4.74 Å². The number of nitrogens with zero attached hydrogens (tertiary/aromatic N) is 1. The Morgan fingerprint density at radius 1 is 1.33 bits per heavy atom. The van der Waals surface area contributed by atoms with E-state index in [1.807, 2.05) is 12.1 Å². The van der Waals surface area contributed by atoms with Gasteiger partial charge in [0.1, 0.15) is 0 Å². The Labute approximate surface area is 107 Å². The number of rotatable bonds is 2. The van der Waals surface area contributed by atoms with Gasteiger partial charge in [0.15, 0.2) is 0 Å². The molecule has 1 N–H and O–H groups in total. The molecule has 3 rings (SSSR count). The number of terminal acetylenes is 1. The SMILES string of the molecule is C#Cc1ccc2c(CN3CCOCC3)c[nH]c2c1. The van der Waals surface area contributed by atoms with Crippen LogP contribution in [0.2, 0.25) is 0 Å². The zero-order valence-corrected chi connectivity index (χ0v) is 10.3. The highest BCUT2D eigenvalue weighted by Crippen LogP contribution is 2.21. The van der Waals surface area contributed by atoms with Gasteiger partial charge in [0.25, 0.3) is 0 Å². The van der Waals surface area contributed by atoms with Crippen LogP contribution in [-0.2, 0) is 11.3 Å². The number of hydrogen-bond acceptors (Lipinski definition) is 2. The van der Waals surface area contributed by atoms with Gasteiger partial charge in [0.2, 0.25) is 0 Å². The monoisotopic (exact) mass is 240 g/mol. The summed E-state index contributed by atoms with van der Waals surface area (Å²) in [7, 11) is 0. The zero-order chi connectivity index (χ0) is 12.4. The van der Waals surface area contributed by atoms with E-state index in [0.29, 0.717) is 0 Å². The first kappa shape index (κ1) is 11.3.